The lowest BCUT2D eigenvalue weighted by Gasteiger charge is -2.19. The summed E-state index contributed by atoms with van der Waals surface area (Å²) in [6.07, 6.45) is 3.14. The summed E-state index contributed by atoms with van der Waals surface area (Å²) < 4.78 is 10.7. The van der Waals surface area contributed by atoms with E-state index in [-0.39, 0.29) is 22.8 Å². The molecule has 0 saturated heterocycles. The third-order valence-electron chi connectivity index (χ3n) is 3.17. The molecular weight excluding hydrogens is 268 g/mol. The molecule has 1 aliphatic heterocycles. The second-order valence-corrected chi connectivity index (χ2v) is 4.59. The Morgan fingerprint density at radius 2 is 1.81 bits per heavy atom. The summed E-state index contributed by atoms with van der Waals surface area (Å²) in [5.74, 6) is 0.241. The zero-order chi connectivity index (χ0) is 14.7. The lowest BCUT2D eigenvalue weighted by atomic mass is 10.1. The molecule has 0 unspecified atom stereocenters. The third kappa shape index (κ3) is 2.74. The van der Waals surface area contributed by atoms with Crippen molar-refractivity contribution in [3.05, 3.63) is 59.7 Å². The molecule has 1 aliphatic rings. The summed E-state index contributed by atoms with van der Waals surface area (Å²) in [5, 5.41) is 10.1. The summed E-state index contributed by atoms with van der Waals surface area (Å²) in [5.41, 5.74) is 1.12. The van der Waals surface area contributed by atoms with E-state index in [4.69, 9.17) is 9.47 Å². The zero-order valence-corrected chi connectivity index (χ0v) is 11.3. The van der Waals surface area contributed by atoms with Crippen LogP contribution in [0.15, 0.2) is 48.5 Å². The van der Waals surface area contributed by atoms with E-state index < -0.39 is 0 Å². The SMILES string of the molecule is O=C(/C=C/c1ccccc1)c1ccc2c(c1O)OCCO2. The van der Waals surface area contributed by atoms with Gasteiger partial charge in [-0.2, -0.15) is 0 Å². The number of carbonyl (C=O) groups is 1. The molecule has 4 heteroatoms. The summed E-state index contributed by atoms with van der Waals surface area (Å²) in [7, 11) is 0. The van der Waals surface area contributed by atoms with Crippen LogP contribution in [0.25, 0.3) is 6.08 Å². The van der Waals surface area contributed by atoms with Crippen LogP contribution in [-0.2, 0) is 0 Å². The number of aromatic hydroxyl groups is 1. The summed E-state index contributed by atoms with van der Waals surface area (Å²) in [6.45, 7) is 0.797. The maximum Gasteiger partial charge on any atom is 0.204 e. The molecule has 0 bridgehead atoms. The number of carbonyl (C=O) groups excluding carboxylic acids is 1. The van der Waals surface area contributed by atoms with Crippen molar-refractivity contribution in [1.29, 1.82) is 0 Å². The standard InChI is InChI=1S/C17H14O4/c18-14(8-6-12-4-2-1-3-5-12)13-7-9-15-17(16(13)19)21-11-10-20-15/h1-9,19H,10-11H2/b8-6+. The Bertz CT molecular complexity index is 689. The number of allylic oxidation sites excluding steroid dienone is 1. The van der Waals surface area contributed by atoms with Crippen LogP contribution in [0.5, 0.6) is 17.2 Å². The molecule has 4 nitrogen and oxygen atoms in total. The normalized spacial score (nSPS) is 13.3. The minimum Gasteiger partial charge on any atom is -0.504 e. The Kier molecular flexibility index (Phi) is 3.60. The molecule has 1 heterocycles. The predicted octanol–water partition coefficient (Wildman–Crippen LogP) is 3.06. The van der Waals surface area contributed by atoms with Gasteiger partial charge in [0.05, 0.1) is 5.56 Å². The van der Waals surface area contributed by atoms with Gasteiger partial charge in [0, 0.05) is 0 Å². The predicted molar refractivity (Wildman–Crippen MR) is 78.9 cm³/mol. The van der Waals surface area contributed by atoms with E-state index >= 15 is 0 Å². The van der Waals surface area contributed by atoms with Crippen molar-refractivity contribution in [2.24, 2.45) is 0 Å². The number of ether oxygens (including phenoxy) is 2. The highest BCUT2D eigenvalue weighted by molar-refractivity contribution is 6.09. The molecule has 0 fully saturated rings. The van der Waals surface area contributed by atoms with Gasteiger partial charge in [0.15, 0.2) is 17.3 Å². The lowest BCUT2D eigenvalue weighted by Crippen LogP contribution is -2.16. The minimum absolute atomic E-state index is 0.171. The van der Waals surface area contributed by atoms with Crippen LogP contribution in [-0.4, -0.2) is 24.1 Å². The first-order valence-corrected chi connectivity index (χ1v) is 6.65. The number of phenols is 1. The Morgan fingerprint density at radius 1 is 1.05 bits per heavy atom. The van der Waals surface area contributed by atoms with E-state index in [1.165, 1.54) is 6.08 Å². The summed E-state index contributed by atoms with van der Waals surface area (Å²) in [6, 6.07) is 12.7. The molecule has 2 aromatic rings. The fourth-order valence-corrected chi connectivity index (χ4v) is 2.13. The number of ketones is 1. The first kappa shape index (κ1) is 13.2. The average molecular weight is 282 g/mol. The van der Waals surface area contributed by atoms with Gasteiger partial charge >= 0.3 is 0 Å². The molecule has 1 N–H and O–H groups in total. The largest absolute Gasteiger partial charge is 0.504 e. The monoisotopic (exact) mass is 282 g/mol. The van der Waals surface area contributed by atoms with Crippen LogP contribution < -0.4 is 9.47 Å². The number of phenolic OH excluding ortho intramolecular Hbond substituents is 1. The van der Waals surface area contributed by atoms with Crippen LogP contribution in [0.3, 0.4) is 0 Å². The van der Waals surface area contributed by atoms with Crippen molar-refractivity contribution in [2.75, 3.05) is 13.2 Å². The van der Waals surface area contributed by atoms with E-state index in [1.807, 2.05) is 30.3 Å². The van der Waals surface area contributed by atoms with E-state index in [9.17, 15) is 9.90 Å². The highest BCUT2D eigenvalue weighted by Crippen LogP contribution is 2.41. The number of hydrogen-bond acceptors (Lipinski definition) is 4. The second kappa shape index (κ2) is 5.71. The van der Waals surface area contributed by atoms with Crippen molar-refractivity contribution in [2.45, 2.75) is 0 Å². The van der Waals surface area contributed by atoms with Gasteiger partial charge in [-0.1, -0.05) is 36.4 Å². The molecule has 106 valence electrons. The quantitative estimate of drug-likeness (QED) is 0.694. The van der Waals surface area contributed by atoms with Gasteiger partial charge in [-0.3, -0.25) is 4.79 Å². The lowest BCUT2D eigenvalue weighted by molar-refractivity contribution is 0.104. The Balaban J connectivity index is 1.87. The number of rotatable bonds is 3. The van der Waals surface area contributed by atoms with Crippen molar-refractivity contribution in [3.63, 3.8) is 0 Å². The maximum absolute atomic E-state index is 12.2. The van der Waals surface area contributed by atoms with Crippen LogP contribution in [0.2, 0.25) is 0 Å². The smallest absolute Gasteiger partial charge is 0.204 e. The maximum atomic E-state index is 12.2. The van der Waals surface area contributed by atoms with Gasteiger partial charge in [-0.25, -0.2) is 0 Å². The van der Waals surface area contributed by atoms with Gasteiger partial charge in [0.2, 0.25) is 5.75 Å². The topological polar surface area (TPSA) is 55.8 Å². The molecule has 3 rings (SSSR count). The summed E-state index contributed by atoms with van der Waals surface area (Å²) in [4.78, 5) is 12.2. The van der Waals surface area contributed by atoms with Crippen molar-refractivity contribution < 1.29 is 19.4 Å². The van der Waals surface area contributed by atoms with Gasteiger partial charge in [0.1, 0.15) is 13.2 Å². The molecular formula is C17H14O4. The molecule has 2 aromatic carbocycles. The zero-order valence-electron chi connectivity index (χ0n) is 11.3. The number of fused-ring (bicyclic) bond motifs is 1. The third-order valence-corrected chi connectivity index (χ3v) is 3.17. The molecule has 21 heavy (non-hydrogen) atoms. The molecule has 0 saturated carbocycles. The van der Waals surface area contributed by atoms with Crippen molar-refractivity contribution in [3.8, 4) is 17.2 Å². The van der Waals surface area contributed by atoms with Gasteiger partial charge in [0.25, 0.3) is 0 Å². The highest BCUT2D eigenvalue weighted by atomic mass is 16.6. The fourth-order valence-electron chi connectivity index (χ4n) is 2.13. The minimum atomic E-state index is -0.284. The van der Waals surface area contributed by atoms with Crippen LogP contribution in [0, 0.1) is 0 Å². The fraction of sp³-hybridized carbons (Fsp3) is 0.118. The van der Waals surface area contributed by atoms with Crippen molar-refractivity contribution >= 4 is 11.9 Å². The molecule has 0 spiro atoms. The average Bonchev–Trinajstić information content (AvgIpc) is 2.54. The number of benzene rings is 2. The van der Waals surface area contributed by atoms with Crippen LogP contribution in [0.1, 0.15) is 15.9 Å². The highest BCUT2D eigenvalue weighted by Gasteiger charge is 2.21. The number of hydrogen-bond donors (Lipinski definition) is 1. The summed E-state index contributed by atoms with van der Waals surface area (Å²) >= 11 is 0. The van der Waals surface area contributed by atoms with E-state index in [1.54, 1.807) is 18.2 Å². The first-order valence-electron chi connectivity index (χ1n) is 6.65. The van der Waals surface area contributed by atoms with Crippen molar-refractivity contribution in [1.82, 2.24) is 0 Å². The van der Waals surface area contributed by atoms with Gasteiger partial charge in [-0.05, 0) is 23.8 Å². The molecule has 0 radical (unpaired) electrons. The van der Waals surface area contributed by atoms with E-state index in [2.05, 4.69) is 0 Å². The molecule has 0 aromatic heterocycles. The van der Waals surface area contributed by atoms with E-state index in [0.717, 1.165) is 5.56 Å². The second-order valence-electron chi connectivity index (χ2n) is 4.59. The molecule has 0 amide bonds. The van der Waals surface area contributed by atoms with Gasteiger partial charge < -0.3 is 14.6 Å². The Labute approximate surface area is 122 Å². The van der Waals surface area contributed by atoms with E-state index in [0.29, 0.717) is 19.0 Å². The van der Waals surface area contributed by atoms with Gasteiger partial charge in [-0.15, -0.1) is 0 Å². The van der Waals surface area contributed by atoms with Crippen LogP contribution in [0.4, 0.5) is 0 Å². The molecule has 0 atom stereocenters. The molecule has 0 aliphatic carbocycles. The van der Waals surface area contributed by atoms with Crippen LogP contribution >= 0.6 is 0 Å². The first-order chi connectivity index (χ1) is 10.3. The Morgan fingerprint density at radius 3 is 2.62 bits per heavy atom. The Hall–Kier alpha value is -2.75.